The van der Waals surface area contributed by atoms with E-state index in [0.29, 0.717) is 12.0 Å². The van der Waals surface area contributed by atoms with Crippen LogP contribution in [0.25, 0.3) is 0 Å². The third-order valence-corrected chi connectivity index (χ3v) is 2.56. The second-order valence-corrected chi connectivity index (χ2v) is 3.19. The van der Waals surface area contributed by atoms with Gasteiger partial charge in [0.1, 0.15) is 6.17 Å². The highest BCUT2D eigenvalue weighted by atomic mass is 19.1. The molecule has 2 rings (SSSR count). The van der Waals surface area contributed by atoms with Crippen molar-refractivity contribution in [2.75, 3.05) is 6.54 Å². The predicted molar refractivity (Wildman–Crippen MR) is 34.0 cm³/mol. The maximum atomic E-state index is 12.8. The summed E-state index contributed by atoms with van der Waals surface area (Å²) in [5, 5.41) is 3.30. The summed E-state index contributed by atoms with van der Waals surface area (Å²) in [5.41, 5.74) is 0. The highest BCUT2D eigenvalue weighted by molar-refractivity contribution is 4.91. The maximum Gasteiger partial charge on any atom is 0.104 e. The normalized spacial score (nSPS) is 49.7. The lowest BCUT2D eigenvalue weighted by molar-refractivity contribution is 0.253. The van der Waals surface area contributed by atoms with Crippen LogP contribution in [-0.4, -0.2) is 18.8 Å². The molecule has 1 N–H and O–H groups in total. The first-order valence-electron chi connectivity index (χ1n) is 3.74. The summed E-state index contributed by atoms with van der Waals surface area (Å²) in [6, 6.07) is 0.513. The Balaban J connectivity index is 2.07. The molecule has 1 saturated carbocycles. The van der Waals surface area contributed by atoms with Gasteiger partial charge in [-0.3, -0.25) is 0 Å². The van der Waals surface area contributed by atoms with Crippen LogP contribution in [0, 0.1) is 5.92 Å². The van der Waals surface area contributed by atoms with Gasteiger partial charge in [-0.25, -0.2) is 4.39 Å². The second kappa shape index (κ2) is 1.94. The highest BCUT2D eigenvalue weighted by Crippen LogP contribution is 2.33. The quantitative estimate of drug-likeness (QED) is 0.516. The molecule has 0 spiro atoms. The second-order valence-electron chi connectivity index (χ2n) is 3.19. The van der Waals surface area contributed by atoms with Crippen LogP contribution in [-0.2, 0) is 0 Å². The van der Waals surface area contributed by atoms with Crippen LogP contribution in [0.5, 0.6) is 0 Å². The highest BCUT2D eigenvalue weighted by Gasteiger charge is 2.36. The van der Waals surface area contributed by atoms with Gasteiger partial charge in [0.05, 0.1) is 0 Å². The van der Waals surface area contributed by atoms with E-state index >= 15 is 0 Å². The van der Waals surface area contributed by atoms with Gasteiger partial charge in [-0.2, -0.15) is 0 Å². The number of fused-ring (bicyclic) bond motifs is 2. The van der Waals surface area contributed by atoms with Crippen LogP contribution in [0.3, 0.4) is 0 Å². The molecule has 2 fully saturated rings. The van der Waals surface area contributed by atoms with E-state index in [1.807, 2.05) is 0 Å². The minimum absolute atomic E-state index is 0.399. The van der Waals surface area contributed by atoms with Crippen molar-refractivity contribution in [3.05, 3.63) is 0 Å². The van der Waals surface area contributed by atoms with E-state index in [1.54, 1.807) is 0 Å². The van der Waals surface area contributed by atoms with Gasteiger partial charge < -0.3 is 5.32 Å². The zero-order valence-electron chi connectivity index (χ0n) is 5.44. The molecule has 1 nitrogen and oxygen atoms in total. The van der Waals surface area contributed by atoms with Crippen molar-refractivity contribution < 1.29 is 4.39 Å². The molecule has 2 heteroatoms. The topological polar surface area (TPSA) is 12.0 Å². The fourth-order valence-electron chi connectivity index (χ4n) is 2.01. The van der Waals surface area contributed by atoms with Gasteiger partial charge in [0.2, 0.25) is 0 Å². The monoisotopic (exact) mass is 129 g/mol. The molecule has 1 aliphatic heterocycles. The molecule has 52 valence electrons. The number of piperidine rings is 1. The van der Waals surface area contributed by atoms with Crippen LogP contribution >= 0.6 is 0 Å². The number of hydrogen-bond donors (Lipinski definition) is 1. The molecule has 0 radical (unpaired) electrons. The summed E-state index contributed by atoms with van der Waals surface area (Å²) in [6.45, 7) is 1.04. The van der Waals surface area contributed by atoms with E-state index in [1.165, 1.54) is 0 Å². The Bertz CT molecular complexity index is 113. The van der Waals surface area contributed by atoms with Crippen LogP contribution < -0.4 is 5.32 Å². The number of hydrogen-bond acceptors (Lipinski definition) is 1. The fraction of sp³-hybridized carbons (Fsp3) is 1.00. The molecule has 0 amide bonds. The van der Waals surface area contributed by atoms with Crippen LogP contribution in [0.1, 0.15) is 19.3 Å². The van der Waals surface area contributed by atoms with Crippen LogP contribution in [0.2, 0.25) is 0 Å². The number of nitrogens with one attached hydrogen (secondary N) is 1. The van der Waals surface area contributed by atoms with E-state index in [0.717, 1.165) is 25.8 Å². The molecule has 0 aromatic heterocycles. The molecule has 0 aromatic carbocycles. The van der Waals surface area contributed by atoms with Crippen LogP contribution in [0.15, 0.2) is 0 Å². The average molecular weight is 129 g/mol. The summed E-state index contributed by atoms with van der Waals surface area (Å²) >= 11 is 0. The van der Waals surface area contributed by atoms with Crippen molar-refractivity contribution in [2.45, 2.75) is 31.5 Å². The molecule has 1 saturated heterocycles. The van der Waals surface area contributed by atoms with Crippen molar-refractivity contribution in [2.24, 2.45) is 5.92 Å². The largest absolute Gasteiger partial charge is 0.314 e. The maximum absolute atomic E-state index is 12.8. The van der Waals surface area contributed by atoms with Gasteiger partial charge >= 0.3 is 0 Å². The van der Waals surface area contributed by atoms with E-state index in [2.05, 4.69) is 5.32 Å². The Labute approximate surface area is 54.6 Å². The molecule has 9 heavy (non-hydrogen) atoms. The lowest BCUT2D eigenvalue weighted by Gasteiger charge is -2.19. The number of rotatable bonds is 0. The first-order chi connectivity index (χ1) is 4.36. The molecule has 1 heterocycles. The minimum atomic E-state index is -0.495. The average Bonchev–Trinajstić information content (AvgIpc) is 2.09. The van der Waals surface area contributed by atoms with E-state index in [-0.39, 0.29) is 0 Å². The molecular formula is C7H12FN. The first kappa shape index (κ1) is 5.66. The Hall–Kier alpha value is -0.110. The van der Waals surface area contributed by atoms with Gasteiger partial charge in [0.15, 0.2) is 0 Å². The zero-order chi connectivity index (χ0) is 6.27. The first-order valence-corrected chi connectivity index (χ1v) is 3.74. The predicted octanol–water partition coefficient (Wildman–Crippen LogP) is 1.10. The summed E-state index contributed by atoms with van der Waals surface area (Å²) in [5.74, 6) is 0.399. The van der Waals surface area contributed by atoms with Gasteiger partial charge in [-0.1, -0.05) is 0 Å². The van der Waals surface area contributed by atoms with Crippen molar-refractivity contribution in [3.8, 4) is 0 Å². The molecule has 1 aliphatic carbocycles. The van der Waals surface area contributed by atoms with Crippen molar-refractivity contribution in [3.63, 3.8) is 0 Å². The molecule has 0 aromatic rings. The van der Waals surface area contributed by atoms with E-state index in [4.69, 9.17) is 0 Å². The summed E-state index contributed by atoms with van der Waals surface area (Å²) < 4.78 is 12.8. The summed E-state index contributed by atoms with van der Waals surface area (Å²) in [4.78, 5) is 0. The molecular weight excluding hydrogens is 117 g/mol. The standard InChI is InChI=1S/C7H12FN/c8-7-4-6-3-5(7)1-2-9-6/h5-7,9H,1-4H2. The van der Waals surface area contributed by atoms with Crippen molar-refractivity contribution in [1.82, 2.24) is 5.32 Å². The smallest absolute Gasteiger partial charge is 0.104 e. The Morgan fingerprint density at radius 3 is 2.89 bits per heavy atom. The third kappa shape index (κ3) is 0.855. The third-order valence-electron chi connectivity index (χ3n) is 2.56. The summed E-state index contributed by atoms with van der Waals surface area (Å²) in [7, 11) is 0. The van der Waals surface area contributed by atoms with Gasteiger partial charge in [0.25, 0.3) is 0 Å². The molecule has 2 bridgehead atoms. The van der Waals surface area contributed by atoms with E-state index < -0.39 is 6.17 Å². The lowest BCUT2D eigenvalue weighted by Crippen LogP contribution is -2.31. The number of halogens is 1. The Kier molecular flexibility index (Phi) is 1.22. The molecule has 2 aliphatic rings. The van der Waals surface area contributed by atoms with Gasteiger partial charge in [-0.05, 0) is 31.7 Å². The van der Waals surface area contributed by atoms with Crippen molar-refractivity contribution >= 4 is 0 Å². The van der Waals surface area contributed by atoms with Crippen molar-refractivity contribution in [1.29, 1.82) is 0 Å². The van der Waals surface area contributed by atoms with Gasteiger partial charge in [-0.15, -0.1) is 0 Å². The lowest BCUT2D eigenvalue weighted by atomic mass is 10.0. The minimum Gasteiger partial charge on any atom is -0.314 e. The van der Waals surface area contributed by atoms with Gasteiger partial charge in [0, 0.05) is 6.04 Å². The SMILES string of the molecule is FC1CC2CC1CCN2. The molecule has 3 atom stereocenters. The van der Waals surface area contributed by atoms with E-state index in [9.17, 15) is 4.39 Å². The Morgan fingerprint density at radius 2 is 2.22 bits per heavy atom. The Morgan fingerprint density at radius 1 is 1.33 bits per heavy atom. The summed E-state index contributed by atoms with van der Waals surface area (Å²) in [6.07, 6.45) is 2.41. The zero-order valence-corrected chi connectivity index (χ0v) is 5.44. The molecule has 3 unspecified atom stereocenters. The number of alkyl halides is 1. The fourth-order valence-corrected chi connectivity index (χ4v) is 2.01. The van der Waals surface area contributed by atoms with Crippen LogP contribution in [0.4, 0.5) is 4.39 Å².